The normalized spacial score (nSPS) is 13.4. The number of fused-ring (bicyclic) bond motifs is 5. The minimum Gasteiger partial charge on any atom is -0.455 e. The molecule has 0 unspecified atom stereocenters. The van der Waals surface area contributed by atoms with Crippen LogP contribution in [-0.2, 0) is 13.5 Å². The maximum atomic E-state index is 13.6. The second kappa shape index (κ2) is 8.20. The molecule has 0 N–H and O–H groups in total. The zero-order chi connectivity index (χ0) is 27.1. The molecular formula is C33H31F3NO+. The standard InChI is InChI=1S/C33H31F3NO/c1-18(2)26-25-10-8-7-9-23(25)19(3)27-29-28-21(13-14-37(29)6)16-22-15-20(17-32(4,5)33(34,35)36)11-12-24(22)30(28)38-31(26)27/h7-16,18H,17H2,1-6H3/q+1. The monoisotopic (exact) mass is 514 g/mol. The topological polar surface area (TPSA) is 13.1 Å². The van der Waals surface area contributed by atoms with Crippen LogP contribution < -0.4 is 9.30 Å². The highest BCUT2D eigenvalue weighted by Gasteiger charge is 2.47. The van der Waals surface area contributed by atoms with Gasteiger partial charge in [0, 0.05) is 17.0 Å². The van der Waals surface area contributed by atoms with Crippen LogP contribution >= 0.6 is 0 Å². The molecule has 2 nitrogen and oxygen atoms in total. The number of benzene rings is 4. The Bertz CT molecular complexity index is 1780. The van der Waals surface area contributed by atoms with Gasteiger partial charge in [0.25, 0.3) is 0 Å². The Morgan fingerprint density at radius 2 is 1.58 bits per heavy atom. The third-order valence-corrected chi connectivity index (χ3v) is 8.15. The summed E-state index contributed by atoms with van der Waals surface area (Å²) < 4.78 is 49.9. The minimum atomic E-state index is -4.28. The molecule has 0 atom stereocenters. The molecule has 0 aliphatic carbocycles. The molecule has 0 amide bonds. The molecule has 1 aromatic heterocycles. The third kappa shape index (κ3) is 3.51. The van der Waals surface area contributed by atoms with Crippen molar-refractivity contribution >= 4 is 32.3 Å². The smallest absolute Gasteiger partial charge is 0.394 e. The summed E-state index contributed by atoms with van der Waals surface area (Å²) in [7, 11) is 2.06. The molecule has 0 fully saturated rings. The lowest BCUT2D eigenvalue weighted by Crippen LogP contribution is -2.34. The number of hydrogen-bond donors (Lipinski definition) is 0. The van der Waals surface area contributed by atoms with E-state index in [4.69, 9.17) is 4.74 Å². The first kappa shape index (κ1) is 24.7. The van der Waals surface area contributed by atoms with Gasteiger partial charge in [-0.3, -0.25) is 0 Å². The van der Waals surface area contributed by atoms with Crippen molar-refractivity contribution in [2.75, 3.05) is 0 Å². The highest BCUT2D eigenvalue weighted by atomic mass is 19.4. The van der Waals surface area contributed by atoms with Crippen LogP contribution in [0.1, 0.15) is 50.3 Å². The summed E-state index contributed by atoms with van der Waals surface area (Å²) in [5, 5.41) is 6.24. The first-order valence-corrected chi connectivity index (χ1v) is 13.1. The summed E-state index contributed by atoms with van der Waals surface area (Å²) in [6, 6.07) is 18.3. The largest absolute Gasteiger partial charge is 0.455 e. The van der Waals surface area contributed by atoms with Crippen molar-refractivity contribution < 1.29 is 22.5 Å². The Morgan fingerprint density at radius 3 is 2.26 bits per heavy atom. The number of ether oxygens (including phenoxy) is 1. The van der Waals surface area contributed by atoms with Gasteiger partial charge in [-0.25, -0.2) is 4.57 Å². The number of halogens is 3. The van der Waals surface area contributed by atoms with Crippen molar-refractivity contribution in [3.63, 3.8) is 0 Å². The minimum absolute atomic E-state index is 0.0822. The molecule has 1 aliphatic rings. The van der Waals surface area contributed by atoms with Crippen LogP contribution in [0.4, 0.5) is 13.2 Å². The average molecular weight is 515 g/mol. The van der Waals surface area contributed by atoms with E-state index in [0.717, 1.165) is 44.3 Å². The highest BCUT2D eigenvalue weighted by Crippen LogP contribution is 2.54. The van der Waals surface area contributed by atoms with E-state index in [2.05, 4.69) is 75.0 Å². The van der Waals surface area contributed by atoms with E-state index in [1.807, 2.05) is 18.2 Å². The molecule has 194 valence electrons. The number of nitrogens with zero attached hydrogens (tertiary/aromatic N) is 1. The summed E-state index contributed by atoms with van der Waals surface area (Å²) in [6.45, 7) is 9.05. The Labute approximate surface area is 220 Å². The van der Waals surface area contributed by atoms with E-state index in [-0.39, 0.29) is 12.3 Å². The number of rotatable bonds is 3. The molecule has 6 rings (SSSR count). The Hall–Kier alpha value is -3.60. The van der Waals surface area contributed by atoms with Crippen LogP contribution in [0.5, 0.6) is 11.5 Å². The summed E-state index contributed by atoms with van der Waals surface area (Å²) >= 11 is 0. The van der Waals surface area contributed by atoms with Crippen LogP contribution in [0.2, 0.25) is 0 Å². The van der Waals surface area contributed by atoms with E-state index >= 15 is 0 Å². The number of pyridine rings is 1. The lowest BCUT2D eigenvalue weighted by Gasteiger charge is -2.28. The quantitative estimate of drug-likeness (QED) is 0.169. The number of alkyl halides is 3. The fourth-order valence-corrected chi connectivity index (χ4v) is 6.06. The number of aromatic nitrogens is 1. The van der Waals surface area contributed by atoms with Crippen molar-refractivity contribution in [3.8, 4) is 22.8 Å². The van der Waals surface area contributed by atoms with Gasteiger partial charge in [0.1, 0.15) is 18.5 Å². The van der Waals surface area contributed by atoms with E-state index in [1.165, 1.54) is 35.7 Å². The maximum absolute atomic E-state index is 13.6. The van der Waals surface area contributed by atoms with Crippen molar-refractivity contribution in [1.82, 2.24) is 0 Å². The summed E-state index contributed by atoms with van der Waals surface area (Å²) in [5.74, 6) is 1.88. The predicted octanol–water partition coefficient (Wildman–Crippen LogP) is 9.31. The van der Waals surface area contributed by atoms with Crippen LogP contribution in [-0.4, -0.2) is 6.18 Å². The van der Waals surface area contributed by atoms with Gasteiger partial charge in [0.2, 0.25) is 5.69 Å². The lowest BCUT2D eigenvalue weighted by molar-refractivity contribution is -0.659. The fraction of sp³-hybridized carbons (Fsp3) is 0.303. The molecule has 5 aromatic rings. The van der Waals surface area contributed by atoms with Crippen molar-refractivity contribution in [2.45, 2.75) is 53.1 Å². The maximum Gasteiger partial charge on any atom is 0.394 e. The molecule has 0 spiro atoms. The molecule has 38 heavy (non-hydrogen) atoms. The first-order chi connectivity index (χ1) is 17.9. The van der Waals surface area contributed by atoms with E-state index < -0.39 is 11.6 Å². The van der Waals surface area contributed by atoms with Crippen LogP contribution in [0.3, 0.4) is 0 Å². The Morgan fingerprint density at radius 1 is 0.868 bits per heavy atom. The molecule has 0 saturated heterocycles. The van der Waals surface area contributed by atoms with Gasteiger partial charge in [-0.15, -0.1) is 0 Å². The molecule has 2 heterocycles. The molecule has 0 bridgehead atoms. The SMILES string of the molecule is Cc1c2c(c(C(C)C)c3ccccc13)Oc1c3ccc(CC(C)(C)C(F)(F)F)cc3cc3cc[n+](C)c-2c13. The van der Waals surface area contributed by atoms with Gasteiger partial charge in [-0.2, -0.15) is 13.2 Å². The Kier molecular flexibility index (Phi) is 5.33. The lowest BCUT2D eigenvalue weighted by atomic mass is 9.83. The van der Waals surface area contributed by atoms with Gasteiger partial charge < -0.3 is 4.74 Å². The van der Waals surface area contributed by atoms with E-state index in [0.29, 0.717) is 5.56 Å². The molecular weight excluding hydrogens is 483 g/mol. The molecule has 1 aliphatic heterocycles. The van der Waals surface area contributed by atoms with Gasteiger partial charge in [-0.05, 0) is 58.0 Å². The Balaban J connectivity index is 1.67. The summed E-state index contributed by atoms with van der Waals surface area (Å²) in [6.07, 6.45) is -2.30. The van der Waals surface area contributed by atoms with Crippen LogP contribution in [0.25, 0.3) is 43.6 Å². The summed E-state index contributed by atoms with van der Waals surface area (Å²) in [5.41, 5.74) is 3.41. The summed E-state index contributed by atoms with van der Waals surface area (Å²) in [4.78, 5) is 0. The van der Waals surface area contributed by atoms with Gasteiger partial charge in [0.15, 0.2) is 6.20 Å². The van der Waals surface area contributed by atoms with Crippen molar-refractivity contribution in [2.24, 2.45) is 12.5 Å². The zero-order valence-corrected chi connectivity index (χ0v) is 22.5. The molecule has 0 saturated carbocycles. The third-order valence-electron chi connectivity index (χ3n) is 8.15. The van der Waals surface area contributed by atoms with Crippen LogP contribution in [0, 0.1) is 12.3 Å². The second-order valence-corrected chi connectivity index (χ2v) is 11.6. The second-order valence-electron chi connectivity index (χ2n) is 11.6. The van der Waals surface area contributed by atoms with Gasteiger partial charge in [-0.1, -0.05) is 70.2 Å². The van der Waals surface area contributed by atoms with Gasteiger partial charge in [0.05, 0.1) is 16.4 Å². The predicted molar refractivity (Wildman–Crippen MR) is 148 cm³/mol. The first-order valence-electron chi connectivity index (χ1n) is 13.1. The zero-order valence-electron chi connectivity index (χ0n) is 22.5. The van der Waals surface area contributed by atoms with Crippen molar-refractivity contribution in [1.29, 1.82) is 0 Å². The average Bonchev–Trinajstić information content (AvgIpc) is 2.84. The molecule has 5 heteroatoms. The molecule has 4 aromatic carbocycles. The fourth-order valence-electron chi connectivity index (χ4n) is 6.06. The highest BCUT2D eigenvalue weighted by molar-refractivity contribution is 6.13. The van der Waals surface area contributed by atoms with Gasteiger partial charge >= 0.3 is 6.18 Å². The van der Waals surface area contributed by atoms with Crippen LogP contribution in [0.15, 0.2) is 60.8 Å². The number of hydrogen-bond acceptors (Lipinski definition) is 1. The van der Waals surface area contributed by atoms with Crippen molar-refractivity contribution in [3.05, 3.63) is 77.5 Å². The molecule has 0 radical (unpaired) electrons. The number of aryl methyl sites for hydroxylation is 2. The van der Waals surface area contributed by atoms with E-state index in [1.54, 1.807) is 0 Å². The van der Waals surface area contributed by atoms with E-state index in [9.17, 15) is 13.2 Å².